The van der Waals surface area contributed by atoms with Gasteiger partial charge in [0.05, 0.1) is 43.0 Å². The predicted octanol–water partition coefficient (Wildman–Crippen LogP) is 5.27. The summed E-state index contributed by atoms with van der Waals surface area (Å²) < 4.78 is 70.1. The van der Waals surface area contributed by atoms with Crippen molar-refractivity contribution in [2.45, 2.75) is 56.1 Å². The molecule has 13 heteroatoms. The number of ether oxygens (including phenoxy) is 2. The zero-order valence-electron chi connectivity index (χ0n) is 24.6. The summed E-state index contributed by atoms with van der Waals surface area (Å²) in [5.74, 6) is -1.46. The molecule has 10 nitrogen and oxygen atoms in total. The summed E-state index contributed by atoms with van der Waals surface area (Å²) in [7, 11) is -3.13. The number of anilines is 2. The number of hydrogen-bond donors (Lipinski definition) is 3. The quantitative estimate of drug-likeness (QED) is 0.229. The Labute approximate surface area is 254 Å². The van der Waals surface area contributed by atoms with E-state index in [1.807, 2.05) is 18.5 Å². The molecular weight excluding hydrogens is 590 g/mol. The third-order valence-corrected chi connectivity index (χ3v) is 9.41. The van der Waals surface area contributed by atoms with E-state index in [9.17, 15) is 12.8 Å². The minimum Gasteiger partial charge on any atom is -0.497 e. The number of aromatic nitrogens is 3. The van der Waals surface area contributed by atoms with Crippen molar-refractivity contribution in [1.29, 1.82) is 0 Å². The molecule has 0 spiro atoms. The summed E-state index contributed by atoms with van der Waals surface area (Å²) in [5, 5.41) is 9.08. The Bertz CT molecular complexity index is 1870. The lowest BCUT2D eigenvalue weighted by molar-refractivity contribution is -0.0103. The van der Waals surface area contributed by atoms with E-state index in [1.165, 1.54) is 25.3 Å². The van der Waals surface area contributed by atoms with Gasteiger partial charge in [0.1, 0.15) is 33.8 Å². The van der Waals surface area contributed by atoms with Crippen molar-refractivity contribution in [3.63, 3.8) is 0 Å². The maximum absolute atomic E-state index is 15.5. The van der Waals surface area contributed by atoms with Crippen LogP contribution in [-0.4, -0.2) is 55.6 Å². The summed E-state index contributed by atoms with van der Waals surface area (Å²) in [4.78, 5) is 3.83. The molecule has 0 bridgehead atoms. The van der Waals surface area contributed by atoms with Gasteiger partial charge in [0, 0.05) is 35.5 Å². The highest BCUT2D eigenvalue weighted by molar-refractivity contribution is 7.92. The molecule has 0 radical (unpaired) electrons. The van der Waals surface area contributed by atoms with Crippen LogP contribution in [0.15, 0.2) is 53.6 Å². The summed E-state index contributed by atoms with van der Waals surface area (Å²) in [6, 6.07) is 8.05. The van der Waals surface area contributed by atoms with Gasteiger partial charge in [-0.05, 0) is 62.9 Å². The number of sulfonamides is 1. The Morgan fingerprint density at radius 3 is 2.55 bits per heavy atom. The Kier molecular flexibility index (Phi) is 8.03. The fourth-order valence-corrected chi connectivity index (χ4v) is 6.82. The lowest BCUT2D eigenvalue weighted by Crippen LogP contribution is -2.50. The second kappa shape index (κ2) is 11.8. The van der Waals surface area contributed by atoms with Crippen LogP contribution in [0, 0.1) is 11.6 Å². The molecule has 2 aromatic carbocycles. The monoisotopic (exact) mass is 624 g/mol. The number of hydrogen-bond acceptors (Lipinski definition) is 8. The number of allylic oxidation sites excluding steroid dienone is 1. The second-order valence-corrected chi connectivity index (χ2v) is 13.0. The number of nitrogens with zero attached hydrogens (tertiary/aromatic N) is 3. The summed E-state index contributed by atoms with van der Waals surface area (Å²) in [6.45, 7) is 5.51. The van der Waals surface area contributed by atoms with Crippen LogP contribution >= 0.6 is 0 Å². The first-order valence-electron chi connectivity index (χ1n) is 14.4. The van der Waals surface area contributed by atoms with E-state index in [2.05, 4.69) is 21.1 Å². The summed E-state index contributed by atoms with van der Waals surface area (Å²) in [6.07, 6.45) is 6.71. The predicted molar refractivity (Wildman–Crippen MR) is 165 cm³/mol. The highest BCUT2D eigenvalue weighted by Gasteiger charge is 2.27. The van der Waals surface area contributed by atoms with E-state index >= 15 is 4.39 Å². The second-order valence-electron chi connectivity index (χ2n) is 11.4. The van der Waals surface area contributed by atoms with Crippen LogP contribution in [0.1, 0.15) is 44.7 Å². The fourth-order valence-electron chi connectivity index (χ4n) is 5.66. The third-order valence-electron chi connectivity index (χ3n) is 8.02. The van der Waals surface area contributed by atoms with Crippen LogP contribution in [0.4, 0.5) is 20.3 Å². The first-order valence-corrected chi connectivity index (χ1v) is 15.9. The maximum atomic E-state index is 15.5. The number of methoxy groups -OCH3 is 1. The number of nitrogens with two attached hydrogens (primary N) is 1. The van der Waals surface area contributed by atoms with Gasteiger partial charge in [-0.25, -0.2) is 22.2 Å². The molecule has 4 aromatic rings. The van der Waals surface area contributed by atoms with Crippen molar-refractivity contribution in [3.05, 3.63) is 65.9 Å². The van der Waals surface area contributed by atoms with Crippen molar-refractivity contribution in [1.82, 2.24) is 20.1 Å². The number of rotatable bonds is 9. The Morgan fingerprint density at radius 1 is 1.11 bits per heavy atom. The lowest BCUT2D eigenvalue weighted by Gasteiger charge is -2.33. The van der Waals surface area contributed by atoms with E-state index in [-0.39, 0.29) is 23.3 Å². The topological polar surface area (TPSA) is 133 Å². The SMILES string of the molecule is COc1ccc(F)c(S(=O)(=O)Nc2ccc(-c3nn(C(C)C)c4c(C5=CCC(NC6COC6)CC5)cnc(N)c34)cc2F)c1. The molecule has 4 N–H and O–H groups in total. The standard InChI is InChI=1S/C31H34F2N6O4S/c1-17(2)39-30-23(18-4-7-20(8-5-18)36-21-15-43-16-21)14-35-31(34)28(30)29(37-39)19-6-11-26(25(33)12-19)38-44(40,41)27-13-22(42-3)9-10-24(27)32/h4,6,9-14,17,20-21,36,38H,5,7-8,15-16H2,1-3H3,(H2,34,35). The van der Waals surface area contributed by atoms with Gasteiger partial charge < -0.3 is 20.5 Å². The van der Waals surface area contributed by atoms with E-state index in [4.69, 9.17) is 20.3 Å². The van der Waals surface area contributed by atoms with Crippen LogP contribution < -0.4 is 20.5 Å². The van der Waals surface area contributed by atoms with E-state index in [0.29, 0.717) is 28.7 Å². The fraction of sp³-hybridized carbons (Fsp3) is 0.355. The largest absolute Gasteiger partial charge is 0.497 e. The number of nitrogen functional groups attached to an aromatic ring is 1. The zero-order chi connectivity index (χ0) is 31.2. The molecule has 3 heterocycles. The van der Waals surface area contributed by atoms with Crippen LogP contribution in [0.3, 0.4) is 0 Å². The average molecular weight is 625 g/mol. The molecule has 1 atom stereocenters. The smallest absolute Gasteiger partial charge is 0.265 e. The molecule has 1 aliphatic carbocycles. The van der Waals surface area contributed by atoms with Gasteiger partial charge in [-0.3, -0.25) is 9.40 Å². The Hall–Kier alpha value is -4.07. The normalized spacial score (nSPS) is 17.5. The van der Waals surface area contributed by atoms with Gasteiger partial charge in [0.25, 0.3) is 10.0 Å². The lowest BCUT2D eigenvalue weighted by atomic mass is 9.89. The average Bonchev–Trinajstić information content (AvgIpc) is 3.39. The molecule has 2 aromatic heterocycles. The van der Waals surface area contributed by atoms with Gasteiger partial charge in [0.2, 0.25) is 0 Å². The van der Waals surface area contributed by atoms with Gasteiger partial charge >= 0.3 is 0 Å². The first kappa shape index (κ1) is 30.0. The summed E-state index contributed by atoms with van der Waals surface area (Å²) >= 11 is 0. The molecule has 44 heavy (non-hydrogen) atoms. The summed E-state index contributed by atoms with van der Waals surface area (Å²) in [5.41, 5.74) is 9.78. The van der Waals surface area contributed by atoms with Crippen molar-refractivity contribution in [2.24, 2.45) is 0 Å². The number of benzene rings is 2. The molecule has 6 rings (SSSR count). The van der Waals surface area contributed by atoms with E-state index in [0.717, 1.165) is 61.3 Å². The minimum atomic E-state index is -4.46. The van der Waals surface area contributed by atoms with E-state index < -0.39 is 26.6 Å². The zero-order valence-corrected chi connectivity index (χ0v) is 25.4. The highest BCUT2D eigenvalue weighted by Crippen LogP contribution is 2.40. The molecule has 232 valence electrons. The van der Waals surface area contributed by atoms with Crippen LogP contribution in [0.5, 0.6) is 5.75 Å². The van der Waals surface area contributed by atoms with E-state index in [1.54, 1.807) is 12.3 Å². The molecule has 1 unspecified atom stereocenters. The van der Waals surface area contributed by atoms with Gasteiger partial charge in [0.15, 0.2) is 0 Å². The number of fused-ring (bicyclic) bond motifs is 1. The molecule has 0 amide bonds. The van der Waals surface area contributed by atoms with Crippen molar-refractivity contribution >= 4 is 38.0 Å². The van der Waals surface area contributed by atoms with Gasteiger partial charge in [-0.2, -0.15) is 5.10 Å². The Balaban J connectivity index is 1.35. The van der Waals surface area contributed by atoms with Crippen LogP contribution in [0.2, 0.25) is 0 Å². The minimum absolute atomic E-state index is 0.0438. The molecule has 1 aliphatic heterocycles. The Morgan fingerprint density at radius 2 is 1.91 bits per heavy atom. The molecule has 0 saturated carbocycles. The third kappa shape index (κ3) is 5.62. The van der Waals surface area contributed by atoms with Crippen molar-refractivity contribution in [3.8, 4) is 17.0 Å². The molecular formula is C31H34F2N6O4S. The number of pyridine rings is 1. The van der Waals surface area contributed by atoms with Gasteiger partial charge in [-0.15, -0.1) is 0 Å². The first-order chi connectivity index (χ1) is 21.1. The number of nitrogens with one attached hydrogen (secondary N) is 2. The molecule has 1 fully saturated rings. The highest BCUT2D eigenvalue weighted by atomic mass is 32.2. The van der Waals surface area contributed by atoms with Crippen molar-refractivity contribution < 1.29 is 26.7 Å². The van der Waals surface area contributed by atoms with Gasteiger partial charge in [-0.1, -0.05) is 12.1 Å². The maximum Gasteiger partial charge on any atom is 0.265 e. The molecule has 2 aliphatic rings. The molecule has 1 saturated heterocycles. The van der Waals surface area contributed by atoms with Crippen molar-refractivity contribution in [2.75, 3.05) is 30.8 Å². The number of halogens is 2. The van der Waals surface area contributed by atoms with Crippen LogP contribution in [0.25, 0.3) is 27.7 Å². The van der Waals surface area contributed by atoms with Crippen LogP contribution in [-0.2, 0) is 14.8 Å².